The zero-order chi connectivity index (χ0) is 7.44. The van der Waals surface area contributed by atoms with Crippen LogP contribution in [0.3, 0.4) is 0 Å². The molecule has 0 aliphatic carbocycles. The highest BCUT2D eigenvalue weighted by atomic mass is 19.2. The van der Waals surface area contributed by atoms with E-state index in [9.17, 15) is 23.3 Å². The zero-order valence-electron chi connectivity index (χ0n) is 3.97. The van der Waals surface area contributed by atoms with Crippen molar-refractivity contribution < 1.29 is 28.0 Å². The number of carbonyl (C=O) groups is 2. The molecule has 0 amide bonds. The molecule has 0 radical (unpaired) electrons. The molecule has 0 saturated carbocycles. The number of halogens is 2. The average Bonchev–Trinajstić information content (AvgIpc) is 1.63. The molecule has 0 N–H and O–H groups in total. The number of carboxylic acids is 1. The van der Waals surface area contributed by atoms with Crippen LogP contribution in [0, 0.1) is 0 Å². The predicted molar refractivity (Wildman–Crippen MR) is 19.1 cm³/mol. The highest BCUT2D eigenvalue weighted by molar-refractivity contribution is 6.43. The molecule has 0 bridgehead atoms. The number of carboxylic acid groups (broad SMARTS) is 1. The Balaban J connectivity index is 3.65. The van der Waals surface area contributed by atoms with Gasteiger partial charge in [-0.05, 0) is 0 Å². The van der Waals surface area contributed by atoms with Crippen LogP contribution in [0.1, 0.15) is 0 Å². The van der Waals surface area contributed by atoms with Crippen molar-refractivity contribution in [3.8, 4) is 0 Å². The Morgan fingerprint density at radius 1 is 1.44 bits per heavy atom. The van der Waals surface area contributed by atoms with Crippen LogP contribution in [0.15, 0.2) is 0 Å². The number of carbonyl (C=O) groups excluding carboxylic acids is 2. The largest absolute Gasteiger partial charge is 0.798 e. The molecule has 0 spiro atoms. The fourth-order valence-electron chi connectivity index (χ4n) is 0.129. The first kappa shape index (κ1) is 7.86. The molecular weight excluding hydrogens is 137 g/mol. The van der Waals surface area contributed by atoms with Crippen LogP contribution in [0.5, 0.6) is 0 Å². The molecule has 0 heterocycles. The fraction of sp³-hybridized carbons (Fsp3) is 0. The normalized spacial score (nSPS) is 8.22. The van der Waals surface area contributed by atoms with Crippen molar-refractivity contribution in [3.05, 3.63) is 0 Å². The quantitative estimate of drug-likeness (QED) is 0.316. The van der Waals surface area contributed by atoms with E-state index in [1.807, 2.05) is 0 Å². The Morgan fingerprint density at radius 3 is 2.00 bits per heavy atom. The van der Waals surface area contributed by atoms with Crippen molar-refractivity contribution in [3.63, 3.8) is 0 Å². The van der Waals surface area contributed by atoms with Gasteiger partial charge in [-0.1, -0.05) is 0 Å². The van der Waals surface area contributed by atoms with Crippen LogP contribution in [-0.2, 0) is 14.2 Å². The van der Waals surface area contributed by atoms with Gasteiger partial charge in [0.15, 0.2) is 5.97 Å². The fourth-order valence-corrected chi connectivity index (χ4v) is 0.129. The van der Waals surface area contributed by atoms with E-state index >= 15 is 0 Å². The van der Waals surface area contributed by atoms with E-state index in [0.717, 1.165) is 0 Å². The first-order chi connectivity index (χ1) is 4.04. The highest BCUT2D eigenvalue weighted by Gasteiger charge is 2.21. The maximum absolute atomic E-state index is 10.9. The van der Waals surface area contributed by atoms with E-state index in [-0.39, 0.29) is 0 Å². The van der Waals surface area contributed by atoms with Gasteiger partial charge >= 0.3 is 13.4 Å². The smallest absolute Gasteiger partial charge is 0.539 e. The van der Waals surface area contributed by atoms with Crippen molar-refractivity contribution in [1.29, 1.82) is 0 Å². The summed E-state index contributed by atoms with van der Waals surface area (Å²) < 4.78 is 24.7. The molecular formula is C2BF2O4-. The number of hydrogen-bond acceptors (Lipinski definition) is 4. The summed E-state index contributed by atoms with van der Waals surface area (Å²) in [4.78, 5) is 18.9. The molecule has 0 fully saturated rings. The van der Waals surface area contributed by atoms with Crippen LogP contribution in [0.25, 0.3) is 0 Å². The minimum atomic E-state index is -3.41. The summed E-state index contributed by atoms with van der Waals surface area (Å²) in [6.45, 7) is 0. The van der Waals surface area contributed by atoms with E-state index in [4.69, 9.17) is 0 Å². The monoisotopic (exact) mass is 137 g/mol. The molecule has 0 aromatic rings. The minimum absolute atomic E-state index is 2.06. The SMILES string of the molecule is O=C([O-])C(=O)OB(F)F. The summed E-state index contributed by atoms with van der Waals surface area (Å²) in [5.74, 6) is -4.35. The van der Waals surface area contributed by atoms with Gasteiger partial charge in [0.2, 0.25) is 0 Å². The van der Waals surface area contributed by atoms with E-state index in [1.165, 1.54) is 0 Å². The molecule has 7 heteroatoms. The lowest BCUT2D eigenvalue weighted by molar-refractivity contribution is -0.302. The summed E-state index contributed by atoms with van der Waals surface area (Å²) in [5.41, 5.74) is 0. The number of hydrogen-bond donors (Lipinski definition) is 0. The van der Waals surface area contributed by atoms with E-state index in [1.54, 1.807) is 0 Å². The first-order valence-electron chi connectivity index (χ1n) is 1.74. The molecule has 50 valence electrons. The van der Waals surface area contributed by atoms with Gasteiger partial charge in [-0.2, -0.15) is 0 Å². The van der Waals surface area contributed by atoms with Crippen LogP contribution in [0.4, 0.5) is 8.63 Å². The average molecular weight is 137 g/mol. The van der Waals surface area contributed by atoms with Crippen LogP contribution < -0.4 is 5.11 Å². The second kappa shape index (κ2) is 3.00. The highest BCUT2D eigenvalue weighted by Crippen LogP contribution is 1.87. The van der Waals surface area contributed by atoms with E-state index in [2.05, 4.69) is 4.65 Å². The van der Waals surface area contributed by atoms with Gasteiger partial charge in [-0.15, -0.1) is 0 Å². The summed E-state index contributed by atoms with van der Waals surface area (Å²) in [6.07, 6.45) is 0. The summed E-state index contributed by atoms with van der Waals surface area (Å²) in [6, 6.07) is 0. The summed E-state index contributed by atoms with van der Waals surface area (Å²) in [7, 11) is -3.41. The van der Waals surface area contributed by atoms with Gasteiger partial charge in [-0.25, -0.2) is 13.4 Å². The molecule has 4 nitrogen and oxygen atoms in total. The van der Waals surface area contributed by atoms with Crippen LogP contribution in [0.2, 0.25) is 0 Å². The topological polar surface area (TPSA) is 66.4 Å². The van der Waals surface area contributed by atoms with E-state index < -0.39 is 19.4 Å². The van der Waals surface area contributed by atoms with Crippen molar-refractivity contribution in [2.75, 3.05) is 0 Å². The zero-order valence-corrected chi connectivity index (χ0v) is 3.97. The van der Waals surface area contributed by atoms with Gasteiger partial charge in [0, 0.05) is 0 Å². The second-order valence-electron chi connectivity index (χ2n) is 0.953. The Labute approximate surface area is 48.6 Å². The number of rotatable bonds is 1. The predicted octanol–water partition coefficient (Wildman–Crippen LogP) is -1.80. The molecule has 0 aliphatic rings. The lowest BCUT2D eigenvalue weighted by atomic mass is 10.4. The molecule has 0 saturated heterocycles. The minimum Gasteiger partial charge on any atom is -0.539 e. The third-order valence-electron chi connectivity index (χ3n) is 0.363. The maximum atomic E-state index is 10.9. The van der Waals surface area contributed by atoms with Crippen LogP contribution >= 0.6 is 0 Å². The molecule has 0 atom stereocenters. The first-order valence-corrected chi connectivity index (χ1v) is 1.74. The van der Waals surface area contributed by atoms with Gasteiger partial charge in [0.05, 0.1) is 0 Å². The lowest BCUT2D eigenvalue weighted by Gasteiger charge is -1.98. The third-order valence-corrected chi connectivity index (χ3v) is 0.363. The standard InChI is InChI=1S/C2HBF2O4/c4-3(5)9-2(8)1(6)7/h(H,6,7)/p-1. The molecule has 0 unspecified atom stereocenters. The molecule has 0 aromatic heterocycles. The van der Waals surface area contributed by atoms with Gasteiger partial charge in [0.25, 0.3) is 0 Å². The molecule has 9 heavy (non-hydrogen) atoms. The number of aliphatic carboxylic acids is 1. The Morgan fingerprint density at radius 2 is 1.89 bits per heavy atom. The Hall–Kier alpha value is -1.14. The van der Waals surface area contributed by atoms with Crippen molar-refractivity contribution in [1.82, 2.24) is 0 Å². The molecule has 0 rings (SSSR count). The lowest BCUT2D eigenvalue weighted by Crippen LogP contribution is -2.35. The van der Waals surface area contributed by atoms with E-state index in [0.29, 0.717) is 0 Å². The second-order valence-corrected chi connectivity index (χ2v) is 0.953. The van der Waals surface area contributed by atoms with Crippen molar-refractivity contribution >= 4 is 19.4 Å². The Kier molecular flexibility index (Phi) is 2.63. The van der Waals surface area contributed by atoms with Gasteiger partial charge in [0.1, 0.15) is 0 Å². The molecule has 0 aromatic carbocycles. The molecule has 0 aliphatic heterocycles. The van der Waals surface area contributed by atoms with Gasteiger partial charge in [-0.3, -0.25) is 0 Å². The Bertz CT molecular complexity index is 135. The van der Waals surface area contributed by atoms with Crippen molar-refractivity contribution in [2.45, 2.75) is 0 Å². The summed E-state index contributed by atoms with van der Waals surface area (Å²) >= 11 is 0. The summed E-state index contributed by atoms with van der Waals surface area (Å²) in [5, 5.41) is 9.32. The van der Waals surface area contributed by atoms with Crippen LogP contribution in [-0.4, -0.2) is 19.4 Å². The van der Waals surface area contributed by atoms with Gasteiger partial charge < -0.3 is 14.6 Å². The maximum Gasteiger partial charge on any atom is 0.798 e. The van der Waals surface area contributed by atoms with Crippen molar-refractivity contribution in [2.24, 2.45) is 0 Å². The third kappa shape index (κ3) is 3.45.